The Morgan fingerprint density at radius 2 is 1.85 bits per heavy atom. The molecule has 144 valence electrons. The van der Waals surface area contributed by atoms with E-state index in [0.29, 0.717) is 11.3 Å². The molecule has 27 heavy (non-hydrogen) atoms. The molecule has 1 aliphatic rings. The van der Waals surface area contributed by atoms with Crippen LogP contribution < -0.4 is 18.9 Å². The lowest BCUT2D eigenvalue weighted by Gasteiger charge is -2.11. The summed E-state index contributed by atoms with van der Waals surface area (Å²) in [7, 11) is 2.76. The van der Waals surface area contributed by atoms with E-state index in [1.54, 1.807) is 6.07 Å². The van der Waals surface area contributed by atoms with E-state index in [9.17, 15) is 15.0 Å². The molecule has 0 aliphatic carbocycles. The Balaban J connectivity index is 0.00000126. The van der Waals surface area contributed by atoms with Crippen molar-refractivity contribution in [2.45, 2.75) is 13.8 Å². The lowest BCUT2D eigenvalue weighted by Crippen LogP contribution is -2.00. The number of hydrogen-bond donors (Lipinski definition) is 2. The van der Waals surface area contributed by atoms with Gasteiger partial charge < -0.3 is 29.2 Å². The normalized spacial score (nSPS) is 11.7. The number of ketones is 1. The number of phenols is 2. The fourth-order valence-electron chi connectivity index (χ4n) is 2.49. The van der Waals surface area contributed by atoms with Crippen LogP contribution >= 0.6 is 0 Å². The van der Waals surface area contributed by atoms with Gasteiger partial charge in [-0.15, -0.1) is 0 Å². The Bertz CT molecular complexity index is 856. The average molecular weight is 374 g/mol. The molecule has 2 N–H and O–H groups in total. The number of methoxy groups -OCH3 is 2. The van der Waals surface area contributed by atoms with E-state index in [2.05, 4.69) is 0 Å². The number of carbonyl (C=O) groups excluding carboxylic acids is 1. The molecular formula is C20H22O7. The summed E-state index contributed by atoms with van der Waals surface area (Å²) in [6.45, 7) is 4.04. The van der Waals surface area contributed by atoms with Crippen molar-refractivity contribution < 1.29 is 34.0 Å². The zero-order chi connectivity index (χ0) is 20.0. The maximum absolute atomic E-state index is 12.4. The fourth-order valence-corrected chi connectivity index (χ4v) is 2.49. The zero-order valence-electron chi connectivity index (χ0n) is 15.6. The molecule has 0 spiro atoms. The van der Waals surface area contributed by atoms with E-state index in [-0.39, 0.29) is 46.9 Å². The van der Waals surface area contributed by atoms with Crippen LogP contribution in [0.1, 0.15) is 29.8 Å². The first kappa shape index (κ1) is 20.0. The number of ether oxygens (including phenoxy) is 4. The van der Waals surface area contributed by atoms with Crippen LogP contribution in [-0.2, 0) is 0 Å². The molecule has 0 atom stereocenters. The molecule has 0 saturated carbocycles. The number of carbonyl (C=O) groups is 1. The topological polar surface area (TPSA) is 94.5 Å². The van der Waals surface area contributed by atoms with Crippen LogP contribution in [0.3, 0.4) is 0 Å². The summed E-state index contributed by atoms with van der Waals surface area (Å²) < 4.78 is 20.5. The predicted octanol–water partition coefficient (Wildman–Crippen LogP) is 3.77. The molecule has 0 aromatic heterocycles. The molecule has 0 bridgehead atoms. The minimum atomic E-state index is -0.382. The van der Waals surface area contributed by atoms with E-state index < -0.39 is 0 Å². The Morgan fingerprint density at radius 3 is 2.52 bits per heavy atom. The number of allylic oxidation sites excluding steroid dienone is 1. The summed E-state index contributed by atoms with van der Waals surface area (Å²) in [6.07, 6.45) is 2.82. The third kappa shape index (κ3) is 4.08. The molecule has 7 heteroatoms. The first-order valence-electron chi connectivity index (χ1n) is 8.34. The van der Waals surface area contributed by atoms with Crippen molar-refractivity contribution >= 4 is 11.9 Å². The summed E-state index contributed by atoms with van der Waals surface area (Å²) in [5.74, 6) is 0.233. The Morgan fingerprint density at radius 1 is 1.11 bits per heavy atom. The maximum atomic E-state index is 12.4. The maximum Gasteiger partial charge on any atom is 0.231 e. The van der Waals surface area contributed by atoms with Crippen LogP contribution in [0.2, 0.25) is 0 Å². The molecule has 0 radical (unpaired) electrons. The molecule has 0 unspecified atom stereocenters. The molecule has 1 aliphatic heterocycles. The smallest absolute Gasteiger partial charge is 0.231 e. The van der Waals surface area contributed by atoms with Crippen LogP contribution in [0.5, 0.6) is 34.5 Å². The van der Waals surface area contributed by atoms with Crippen LogP contribution in [0.15, 0.2) is 30.3 Å². The average Bonchev–Trinajstić information content (AvgIpc) is 3.16. The number of aromatic hydroxyl groups is 2. The molecule has 0 fully saturated rings. The second-order valence-electron chi connectivity index (χ2n) is 5.17. The minimum Gasteiger partial charge on any atom is -0.504 e. The third-order valence-electron chi connectivity index (χ3n) is 3.69. The standard InChI is InChI=1S/C18H16O7.C2H6/c1-22-14-6-4-11(17(23-2)16(14)21)12(19)5-3-10-7-13(20)18-15(8-10)24-9-25-18;1-2/h3-8,20-21H,9H2,1-2H3;1-2H3/b5-3+;. The first-order chi connectivity index (χ1) is 13.0. The Hall–Kier alpha value is -3.35. The third-order valence-corrected chi connectivity index (χ3v) is 3.69. The largest absolute Gasteiger partial charge is 0.504 e. The summed E-state index contributed by atoms with van der Waals surface area (Å²) in [6, 6.07) is 6.08. The number of phenolic OH excluding ortho intramolecular Hbond substituents is 2. The van der Waals surface area contributed by atoms with Gasteiger partial charge in [0.25, 0.3) is 0 Å². The van der Waals surface area contributed by atoms with Gasteiger partial charge in [0.2, 0.25) is 18.3 Å². The lowest BCUT2D eigenvalue weighted by atomic mass is 10.1. The molecular weight excluding hydrogens is 352 g/mol. The highest BCUT2D eigenvalue weighted by atomic mass is 16.7. The minimum absolute atomic E-state index is 0.0301. The van der Waals surface area contributed by atoms with E-state index in [1.807, 2.05) is 13.8 Å². The van der Waals surface area contributed by atoms with Gasteiger partial charge in [0.1, 0.15) is 0 Å². The van der Waals surface area contributed by atoms with Gasteiger partial charge in [0, 0.05) is 0 Å². The first-order valence-corrected chi connectivity index (χ1v) is 8.34. The highest BCUT2D eigenvalue weighted by molar-refractivity contribution is 6.09. The molecule has 1 heterocycles. The quantitative estimate of drug-likeness (QED) is 0.608. The van der Waals surface area contributed by atoms with Crippen molar-refractivity contribution in [3.05, 3.63) is 41.5 Å². The second-order valence-corrected chi connectivity index (χ2v) is 5.17. The fraction of sp³-hybridized carbons (Fsp3) is 0.250. The molecule has 0 amide bonds. The Kier molecular flexibility index (Phi) is 6.54. The van der Waals surface area contributed by atoms with E-state index in [0.717, 1.165) is 0 Å². The molecule has 7 nitrogen and oxygen atoms in total. The van der Waals surface area contributed by atoms with E-state index in [1.165, 1.54) is 44.6 Å². The molecule has 2 aromatic rings. The van der Waals surface area contributed by atoms with Crippen molar-refractivity contribution in [1.82, 2.24) is 0 Å². The van der Waals surface area contributed by atoms with Crippen molar-refractivity contribution in [3.8, 4) is 34.5 Å². The highest BCUT2D eigenvalue weighted by Crippen LogP contribution is 2.42. The van der Waals surface area contributed by atoms with Gasteiger partial charge >= 0.3 is 0 Å². The van der Waals surface area contributed by atoms with E-state index in [4.69, 9.17) is 18.9 Å². The lowest BCUT2D eigenvalue weighted by molar-refractivity contribution is 0.104. The Labute approximate surface area is 157 Å². The summed E-state index contributed by atoms with van der Waals surface area (Å²) in [4.78, 5) is 12.4. The van der Waals surface area contributed by atoms with Crippen LogP contribution in [0.25, 0.3) is 6.08 Å². The predicted molar refractivity (Wildman–Crippen MR) is 100 cm³/mol. The molecule has 2 aromatic carbocycles. The summed E-state index contributed by atoms with van der Waals surface area (Å²) >= 11 is 0. The second kappa shape index (κ2) is 8.84. The van der Waals surface area contributed by atoms with E-state index >= 15 is 0 Å². The SMILES string of the molecule is CC.COc1ccc(C(=O)/C=C/c2cc(O)c3c(c2)OCO3)c(OC)c1O. The van der Waals surface area contributed by atoms with Gasteiger partial charge in [-0.2, -0.15) is 0 Å². The van der Waals surface area contributed by atoms with Gasteiger partial charge in [-0.3, -0.25) is 4.79 Å². The number of hydrogen-bond acceptors (Lipinski definition) is 7. The summed E-state index contributed by atoms with van der Waals surface area (Å²) in [5.41, 5.74) is 0.744. The van der Waals surface area contributed by atoms with Crippen molar-refractivity contribution in [3.63, 3.8) is 0 Å². The van der Waals surface area contributed by atoms with Gasteiger partial charge in [-0.1, -0.05) is 19.9 Å². The number of fused-ring (bicyclic) bond motifs is 1. The van der Waals surface area contributed by atoms with Crippen molar-refractivity contribution in [1.29, 1.82) is 0 Å². The van der Waals surface area contributed by atoms with Gasteiger partial charge in [-0.25, -0.2) is 0 Å². The zero-order valence-corrected chi connectivity index (χ0v) is 15.6. The van der Waals surface area contributed by atoms with Crippen molar-refractivity contribution in [2.75, 3.05) is 21.0 Å². The summed E-state index contributed by atoms with van der Waals surface area (Å²) in [5, 5.41) is 19.9. The van der Waals surface area contributed by atoms with Gasteiger partial charge in [-0.05, 0) is 35.9 Å². The highest BCUT2D eigenvalue weighted by Gasteiger charge is 2.20. The van der Waals surface area contributed by atoms with Gasteiger partial charge in [0.15, 0.2) is 28.8 Å². The number of rotatable bonds is 5. The molecule has 0 saturated heterocycles. The van der Waals surface area contributed by atoms with Crippen LogP contribution in [-0.4, -0.2) is 37.0 Å². The van der Waals surface area contributed by atoms with Crippen LogP contribution in [0, 0.1) is 0 Å². The van der Waals surface area contributed by atoms with Crippen molar-refractivity contribution in [2.24, 2.45) is 0 Å². The van der Waals surface area contributed by atoms with Gasteiger partial charge in [0.05, 0.1) is 19.8 Å². The molecule has 3 rings (SSSR count). The number of benzene rings is 2. The monoisotopic (exact) mass is 374 g/mol. The van der Waals surface area contributed by atoms with Crippen LogP contribution in [0.4, 0.5) is 0 Å².